The molecule has 6 heteroatoms. The average Bonchev–Trinajstić information content (AvgIpc) is 3.39. The topological polar surface area (TPSA) is 54.3 Å². The Morgan fingerprint density at radius 2 is 1.89 bits per heavy atom. The Labute approximate surface area is 169 Å². The molecule has 0 radical (unpaired) electrons. The molecule has 1 atom stereocenters. The molecule has 0 spiro atoms. The number of benzene rings is 1. The van der Waals surface area contributed by atoms with Crippen LogP contribution < -0.4 is 5.32 Å². The monoisotopic (exact) mass is 395 g/mol. The summed E-state index contributed by atoms with van der Waals surface area (Å²) in [5, 5.41) is 4.78. The quantitative estimate of drug-likeness (QED) is 0.634. The lowest BCUT2D eigenvalue weighted by molar-refractivity contribution is -0.132. The van der Waals surface area contributed by atoms with Crippen LogP contribution in [0.3, 0.4) is 0 Å². The molecule has 2 aromatic heterocycles. The van der Waals surface area contributed by atoms with E-state index in [9.17, 15) is 9.59 Å². The zero-order chi connectivity index (χ0) is 19.9. The molecule has 3 aromatic rings. The highest BCUT2D eigenvalue weighted by molar-refractivity contribution is 7.12. The van der Waals surface area contributed by atoms with E-state index < -0.39 is 6.04 Å². The molecule has 2 heterocycles. The number of nitrogens with one attached hydrogen (secondary N) is 1. The van der Waals surface area contributed by atoms with Crippen LogP contribution in [-0.2, 0) is 24.3 Å². The zero-order valence-electron chi connectivity index (χ0n) is 16.2. The van der Waals surface area contributed by atoms with Gasteiger partial charge in [0.2, 0.25) is 5.91 Å². The van der Waals surface area contributed by atoms with Crippen LogP contribution in [0.2, 0.25) is 0 Å². The minimum atomic E-state index is -0.615. The third-order valence-electron chi connectivity index (χ3n) is 4.60. The van der Waals surface area contributed by atoms with Gasteiger partial charge in [0.15, 0.2) is 0 Å². The number of thiophene rings is 1. The van der Waals surface area contributed by atoms with Gasteiger partial charge in [-0.1, -0.05) is 36.4 Å². The van der Waals surface area contributed by atoms with Gasteiger partial charge in [-0.05, 0) is 35.6 Å². The van der Waals surface area contributed by atoms with Crippen LogP contribution in [0.4, 0.5) is 0 Å². The highest BCUT2D eigenvalue weighted by atomic mass is 32.1. The summed E-state index contributed by atoms with van der Waals surface area (Å²) in [4.78, 5) is 28.0. The van der Waals surface area contributed by atoms with E-state index in [0.29, 0.717) is 17.8 Å². The Morgan fingerprint density at radius 1 is 1.11 bits per heavy atom. The summed E-state index contributed by atoms with van der Waals surface area (Å²) < 4.78 is 2.08. The Morgan fingerprint density at radius 3 is 2.54 bits per heavy atom. The van der Waals surface area contributed by atoms with Crippen molar-refractivity contribution in [1.29, 1.82) is 0 Å². The molecule has 3 rings (SSSR count). The maximum atomic E-state index is 13.1. The highest BCUT2D eigenvalue weighted by Gasteiger charge is 2.25. The van der Waals surface area contributed by atoms with E-state index in [1.54, 1.807) is 18.0 Å². The van der Waals surface area contributed by atoms with Crippen molar-refractivity contribution in [2.24, 2.45) is 0 Å². The molecule has 1 unspecified atom stereocenters. The average molecular weight is 396 g/mol. The fraction of sp³-hybridized carbons (Fsp3) is 0.273. The third-order valence-corrected chi connectivity index (χ3v) is 5.47. The maximum Gasteiger partial charge on any atom is 0.262 e. The number of carbonyl (C=O) groups excluding carboxylic acids is 2. The van der Waals surface area contributed by atoms with Crippen LogP contribution in [0.15, 0.2) is 66.3 Å². The van der Waals surface area contributed by atoms with E-state index in [1.807, 2.05) is 60.2 Å². The first-order chi connectivity index (χ1) is 13.6. The summed E-state index contributed by atoms with van der Waals surface area (Å²) in [5.74, 6) is -0.312. The molecule has 2 amide bonds. The SMILES string of the molecule is CCn1ccc(CN(C)C(=O)C(Cc2ccccc2)NC(=O)c2cccs2)c1. The highest BCUT2D eigenvalue weighted by Crippen LogP contribution is 2.12. The van der Waals surface area contributed by atoms with Crippen LogP contribution in [0.5, 0.6) is 0 Å². The molecule has 0 fully saturated rings. The van der Waals surface area contributed by atoms with E-state index in [0.717, 1.165) is 17.7 Å². The minimum absolute atomic E-state index is 0.0991. The van der Waals surface area contributed by atoms with Crippen molar-refractivity contribution in [3.8, 4) is 0 Å². The lowest BCUT2D eigenvalue weighted by atomic mass is 10.0. The fourth-order valence-corrected chi connectivity index (χ4v) is 3.71. The van der Waals surface area contributed by atoms with Gasteiger partial charge in [0, 0.05) is 39.0 Å². The van der Waals surface area contributed by atoms with E-state index >= 15 is 0 Å². The largest absolute Gasteiger partial charge is 0.354 e. The van der Waals surface area contributed by atoms with Crippen LogP contribution in [-0.4, -0.2) is 34.4 Å². The Balaban J connectivity index is 1.73. The lowest BCUT2D eigenvalue weighted by Crippen LogP contribution is -2.48. The second kappa shape index (κ2) is 9.37. The molecule has 0 bridgehead atoms. The summed E-state index contributed by atoms with van der Waals surface area (Å²) in [6.07, 6.45) is 4.50. The van der Waals surface area contributed by atoms with Gasteiger partial charge < -0.3 is 14.8 Å². The van der Waals surface area contributed by atoms with Gasteiger partial charge >= 0.3 is 0 Å². The van der Waals surface area contributed by atoms with Crippen LogP contribution in [0.25, 0.3) is 0 Å². The molecule has 0 saturated carbocycles. The van der Waals surface area contributed by atoms with Gasteiger partial charge in [0.05, 0.1) is 4.88 Å². The molecular weight excluding hydrogens is 370 g/mol. The first-order valence-corrected chi connectivity index (χ1v) is 10.2. The summed E-state index contributed by atoms with van der Waals surface area (Å²) in [6.45, 7) is 3.48. The van der Waals surface area contributed by atoms with Crippen molar-refractivity contribution in [2.75, 3.05) is 7.05 Å². The van der Waals surface area contributed by atoms with Gasteiger partial charge in [-0.15, -0.1) is 11.3 Å². The Bertz CT molecular complexity index is 903. The predicted octanol–water partition coefficient (Wildman–Crippen LogP) is 3.57. The van der Waals surface area contributed by atoms with E-state index in [-0.39, 0.29) is 11.8 Å². The number of aromatic nitrogens is 1. The van der Waals surface area contributed by atoms with Gasteiger partial charge in [-0.3, -0.25) is 9.59 Å². The number of rotatable bonds is 8. The summed E-state index contributed by atoms with van der Waals surface area (Å²) in [7, 11) is 1.78. The number of carbonyl (C=O) groups is 2. The van der Waals surface area contributed by atoms with Gasteiger partial charge in [0.1, 0.15) is 6.04 Å². The lowest BCUT2D eigenvalue weighted by Gasteiger charge is -2.24. The fourth-order valence-electron chi connectivity index (χ4n) is 3.09. The van der Waals surface area contributed by atoms with E-state index in [4.69, 9.17) is 0 Å². The number of likely N-dealkylation sites (N-methyl/N-ethyl adjacent to an activating group) is 1. The van der Waals surface area contributed by atoms with Crippen molar-refractivity contribution in [2.45, 2.75) is 32.5 Å². The Kier molecular flexibility index (Phi) is 6.66. The predicted molar refractivity (Wildman–Crippen MR) is 112 cm³/mol. The van der Waals surface area contributed by atoms with E-state index in [2.05, 4.69) is 16.8 Å². The smallest absolute Gasteiger partial charge is 0.262 e. The normalized spacial score (nSPS) is 11.8. The molecule has 0 aliphatic rings. The van der Waals surface area contributed by atoms with Crippen LogP contribution in [0, 0.1) is 0 Å². The van der Waals surface area contributed by atoms with Crippen molar-refractivity contribution in [1.82, 2.24) is 14.8 Å². The van der Waals surface area contributed by atoms with Crippen LogP contribution >= 0.6 is 11.3 Å². The van der Waals surface area contributed by atoms with Crippen molar-refractivity contribution < 1.29 is 9.59 Å². The maximum absolute atomic E-state index is 13.1. The molecule has 1 N–H and O–H groups in total. The first kappa shape index (κ1) is 19.9. The van der Waals surface area contributed by atoms with Crippen molar-refractivity contribution >= 4 is 23.2 Å². The summed E-state index contributed by atoms with van der Waals surface area (Å²) in [5.41, 5.74) is 2.08. The minimum Gasteiger partial charge on any atom is -0.354 e. The standard InChI is InChI=1S/C22H25N3O2S/c1-3-25-12-11-18(16-25)15-24(2)22(27)19(14-17-8-5-4-6-9-17)23-21(26)20-10-7-13-28-20/h4-13,16,19H,3,14-15H2,1-2H3,(H,23,26). The van der Waals surface area contributed by atoms with Gasteiger partial charge in [0.25, 0.3) is 5.91 Å². The van der Waals surface area contributed by atoms with Gasteiger partial charge in [-0.2, -0.15) is 0 Å². The first-order valence-electron chi connectivity index (χ1n) is 9.34. The summed E-state index contributed by atoms with van der Waals surface area (Å²) in [6, 6.07) is 14.8. The number of nitrogens with zero attached hydrogens (tertiary/aromatic N) is 2. The number of amides is 2. The summed E-state index contributed by atoms with van der Waals surface area (Å²) >= 11 is 1.37. The molecular formula is C22H25N3O2S. The van der Waals surface area contributed by atoms with Crippen LogP contribution in [0.1, 0.15) is 27.7 Å². The van der Waals surface area contributed by atoms with E-state index in [1.165, 1.54) is 11.3 Å². The Hall–Kier alpha value is -2.86. The second-order valence-electron chi connectivity index (χ2n) is 6.74. The second-order valence-corrected chi connectivity index (χ2v) is 7.69. The molecule has 0 aliphatic carbocycles. The molecule has 0 saturated heterocycles. The molecule has 28 heavy (non-hydrogen) atoms. The molecule has 1 aromatic carbocycles. The van der Waals surface area contributed by atoms with Crippen molar-refractivity contribution in [3.63, 3.8) is 0 Å². The number of hydrogen-bond donors (Lipinski definition) is 1. The molecule has 0 aliphatic heterocycles. The molecule has 5 nitrogen and oxygen atoms in total. The molecule has 146 valence electrons. The number of aryl methyl sites for hydroxylation is 1. The number of hydrogen-bond acceptors (Lipinski definition) is 3. The zero-order valence-corrected chi connectivity index (χ0v) is 17.0. The van der Waals surface area contributed by atoms with Gasteiger partial charge in [-0.25, -0.2) is 0 Å². The van der Waals surface area contributed by atoms with Crippen molar-refractivity contribution in [3.05, 3.63) is 82.3 Å². The third kappa shape index (κ3) is 5.10.